The molecule has 2 nitrogen and oxygen atoms in total. The van der Waals surface area contributed by atoms with Gasteiger partial charge in [0.05, 0.1) is 11.4 Å². The predicted octanol–water partition coefficient (Wildman–Crippen LogP) is 4.73. The molecule has 0 N–H and O–H groups in total. The summed E-state index contributed by atoms with van der Waals surface area (Å²) >= 11 is 0. The van der Waals surface area contributed by atoms with Gasteiger partial charge in [0.1, 0.15) is 0 Å². The molecule has 0 saturated heterocycles. The molecule has 3 heteroatoms. The van der Waals surface area contributed by atoms with E-state index in [1.807, 2.05) is 0 Å². The fourth-order valence-corrected chi connectivity index (χ4v) is 4.28. The molecule has 1 fully saturated rings. The predicted molar refractivity (Wildman–Crippen MR) is 101 cm³/mol. The Morgan fingerprint density at radius 3 is 2.39 bits per heavy atom. The van der Waals surface area contributed by atoms with Crippen LogP contribution in [0.2, 0.25) is 0 Å². The van der Waals surface area contributed by atoms with Gasteiger partial charge in [0.2, 0.25) is 0 Å². The van der Waals surface area contributed by atoms with Gasteiger partial charge >= 0.3 is 0 Å². The Morgan fingerprint density at radius 2 is 1.61 bits per heavy atom. The monoisotopic (exact) mass is 328 g/mol. The smallest absolute Gasteiger partial charge is 0.0607 e. The molecular weight excluding hydrogens is 304 g/mol. The van der Waals surface area contributed by atoms with Gasteiger partial charge in [-0.05, 0) is 36.5 Å². The Hall–Kier alpha value is -1.67. The van der Waals surface area contributed by atoms with Crippen LogP contribution in [-0.2, 0) is 6.54 Å². The highest BCUT2D eigenvalue weighted by Gasteiger charge is 2.36. The summed E-state index contributed by atoms with van der Waals surface area (Å²) in [5.41, 5.74) is 4.19. The summed E-state index contributed by atoms with van der Waals surface area (Å²) < 4.78 is 0. The molecule has 1 saturated carbocycles. The molecule has 2 aromatic rings. The van der Waals surface area contributed by atoms with E-state index in [4.69, 9.17) is 0 Å². The first-order valence-electron chi connectivity index (χ1n) is 8.43. The van der Waals surface area contributed by atoms with Gasteiger partial charge in [-0.15, -0.1) is 12.4 Å². The quantitative estimate of drug-likeness (QED) is 0.786. The lowest BCUT2D eigenvalue weighted by Gasteiger charge is -2.28. The Morgan fingerprint density at radius 1 is 0.913 bits per heavy atom. The van der Waals surface area contributed by atoms with E-state index in [0.29, 0.717) is 6.04 Å². The van der Waals surface area contributed by atoms with E-state index in [2.05, 4.69) is 71.4 Å². The van der Waals surface area contributed by atoms with Crippen molar-refractivity contribution in [2.45, 2.75) is 31.8 Å². The van der Waals surface area contributed by atoms with Gasteiger partial charge in [-0.1, -0.05) is 48.9 Å². The Balaban J connectivity index is 0.00000156. The summed E-state index contributed by atoms with van der Waals surface area (Å²) in [6.07, 6.45) is 4.09. The SMILES string of the molecule is CN1c2ccccc2N(Cc2ccccc2)C[C@@H]2CCC[C@H]21.Cl. The zero-order valence-corrected chi connectivity index (χ0v) is 14.5. The van der Waals surface area contributed by atoms with Crippen molar-refractivity contribution in [1.82, 2.24) is 0 Å². The van der Waals surface area contributed by atoms with E-state index in [1.54, 1.807) is 0 Å². The maximum absolute atomic E-state index is 2.59. The molecule has 2 atom stereocenters. The van der Waals surface area contributed by atoms with Crippen LogP contribution in [-0.4, -0.2) is 19.6 Å². The second-order valence-corrected chi connectivity index (χ2v) is 6.72. The topological polar surface area (TPSA) is 6.48 Å². The van der Waals surface area contributed by atoms with Gasteiger partial charge in [0, 0.05) is 26.2 Å². The van der Waals surface area contributed by atoms with Crippen molar-refractivity contribution in [3.05, 3.63) is 60.2 Å². The van der Waals surface area contributed by atoms with Crippen LogP contribution in [0.3, 0.4) is 0 Å². The van der Waals surface area contributed by atoms with Gasteiger partial charge in [-0.2, -0.15) is 0 Å². The molecule has 0 unspecified atom stereocenters. The maximum Gasteiger partial charge on any atom is 0.0607 e. The van der Waals surface area contributed by atoms with Gasteiger partial charge in [0.25, 0.3) is 0 Å². The third-order valence-electron chi connectivity index (χ3n) is 5.39. The molecule has 1 aliphatic heterocycles. The second kappa shape index (κ2) is 6.84. The average Bonchev–Trinajstić information content (AvgIpc) is 2.99. The molecular formula is C20H25ClN2. The highest BCUT2D eigenvalue weighted by Crippen LogP contribution is 2.41. The van der Waals surface area contributed by atoms with Crippen LogP contribution in [0, 0.1) is 5.92 Å². The number of hydrogen-bond donors (Lipinski definition) is 0. The van der Waals surface area contributed by atoms with E-state index in [1.165, 1.54) is 42.7 Å². The standard InChI is InChI=1S/C20H24N2.ClH/c1-21-18-13-7-10-17(18)15-22(14-16-8-3-2-4-9-16)20-12-6-5-11-19(20)21;/h2-6,8-9,11-12,17-18H,7,10,13-15H2,1H3;1H/t17-,18+;/m0./s1. The minimum Gasteiger partial charge on any atom is -0.370 e. The minimum absolute atomic E-state index is 0. The van der Waals surface area contributed by atoms with Crippen molar-refractivity contribution >= 4 is 23.8 Å². The lowest BCUT2D eigenvalue weighted by molar-refractivity contribution is 0.468. The molecule has 4 rings (SSSR count). The highest BCUT2D eigenvalue weighted by molar-refractivity contribution is 5.85. The summed E-state index contributed by atoms with van der Waals surface area (Å²) in [7, 11) is 2.29. The zero-order valence-electron chi connectivity index (χ0n) is 13.7. The number of nitrogens with zero attached hydrogens (tertiary/aromatic N) is 2. The molecule has 0 radical (unpaired) electrons. The van der Waals surface area contributed by atoms with E-state index in [0.717, 1.165) is 12.5 Å². The molecule has 1 heterocycles. The molecule has 1 aliphatic carbocycles. The van der Waals surface area contributed by atoms with E-state index in [-0.39, 0.29) is 12.4 Å². The third-order valence-corrected chi connectivity index (χ3v) is 5.39. The minimum atomic E-state index is 0. The summed E-state index contributed by atoms with van der Waals surface area (Å²) in [6.45, 7) is 2.19. The van der Waals surface area contributed by atoms with Crippen molar-refractivity contribution in [3.8, 4) is 0 Å². The number of fused-ring (bicyclic) bond motifs is 2. The molecule has 0 aromatic heterocycles. The summed E-state index contributed by atoms with van der Waals surface area (Å²) in [5, 5.41) is 0. The molecule has 0 amide bonds. The highest BCUT2D eigenvalue weighted by atomic mass is 35.5. The number of hydrogen-bond acceptors (Lipinski definition) is 2. The van der Waals surface area contributed by atoms with Crippen molar-refractivity contribution in [3.63, 3.8) is 0 Å². The fraction of sp³-hybridized carbons (Fsp3) is 0.400. The van der Waals surface area contributed by atoms with Gasteiger partial charge in [-0.3, -0.25) is 0 Å². The van der Waals surface area contributed by atoms with Gasteiger partial charge < -0.3 is 9.80 Å². The van der Waals surface area contributed by atoms with E-state index < -0.39 is 0 Å². The zero-order chi connectivity index (χ0) is 14.9. The lowest BCUT2D eigenvalue weighted by Crippen LogP contribution is -2.36. The van der Waals surface area contributed by atoms with Crippen LogP contribution in [0.1, 0.15) is 24.8 Å². The van der Waals surface area contributed by atoms with Crippen LogP contribution < -0.4 is 9.80 Å². The maximum atomic E-state index is 2.59. The molecule has 122 valence electrons. The van der Waals surface area contributed by atoms with Gasteiger partial charge in [-0.25, -0.2) is 0 Å². The van der Waals surface area contributed by atoms with Crippen molar-refractivity contribution in [2.75, 3.05) is 23.4 Å². The number of anilines is 2. The third kappa shape index (κ3) is 3.05. The Kier molecular flexibility index (Phi) is 4.82. The lowest BCUT2D eigenvalue weighted by atomic mass is 10.0. The number of para-hydroxylation sites is 2. The number of benzene rings is 2. The van der Waals surface area contributed by atoms with Crippen LogP contribution in [0.5, 0.6) is 0 Å². The Bertz CT molecular complexity index is 643. The first-order valence-corrected chi connectivity index (χ1v) is 8.43. The van der Waals surface area contributed by atoms with Crippen LogP contribution >= 0.6 is 12.4 Å². The fourth-order valence-electron chi connectivity index (χ4n) is 4.28. The molecule has 2 aliphatic rings. The van der Waals surface area contributed by atoms with Crippen LogP contribution in [0.25, 0.3) is 0 Å². The molecule has 0 spiro atoms. The molecule has 23 heavy (non-hydrogen) atoms. The van der Waals surface area contributed by atoms with Crippen molar-refractivity contribution in [1.29, 1.82) is 0 Å². The normalized spacial score (nSPS) is 22.8. The molecule has 0 bridgehead atoms. The van der Waals surface area contributed by atoms with E-state index >= 15 is 0 Å². The number of rotatable bonds is 2. The Labute approximate surface area is 145 Å². The average molecular weight is 329 g/mol. The first-order chi connectivity index (χ1) is 10.8. The van der Waals surface area contributed by atoms with E-state index in [9.17, 15) is 0 Å². The van der Waals surface area contributed by atoms with Crippen molar-refractivity contribution < 1.29 is 0 Å². The second-order valence-electron chi connectivity index (χ2n) is 6.72. The largest absolute Gasteiger partial charge is 0.370 e. The molecule has 2 aromatic carbocycles. The summed E-state index contributed by atoms with van der Waals surface area (Å²) in [5.74, 6) is 0.793. The van der Waals surface area contributed by atoms with Crippen LogP contribution in [0.15, 0.2) is 54.6 Å². The van der Waals surface area contributed by atoms with Gasteiger partial charge in [0.15, 0.2) is 0 Å². The number of halogens is 1. The van der Waals surface area contributed by atoms with Crippen LogP contribution in [0.4, 0.5) is 11.4 Å². The summed E-state index contributed by atoms with van der Waals surface area (Å²) in [4.78, 5) is 5.13. The van der Waals surface area contributed by atoms with Crippen molar-refractivity contribution in [2.24, 2.45) is 5.92 Å². The summed E-state index contributed by atoms with van der Waals surface area (Å²) in [6, 6.07) is 20.5. The first kappa shape index (κ1) is 16.2.